The van der Waals surface area contributed by atoms with E-state index in [1.54, 1.807) is 6.92 Å². The summed E-state index contributed by atoms with van der Waals surface area (Å²) in [5.74, 6) is -1.59. The number of rotatable bonds is 3. The molecule has 0 radical (unpaired) electrons. The van der Waals surface area contributed by atoms with Gasteiger partial charge in [0, 0.05) is 5.92 Å². The largest absolute Gasteiger partial charge is 0.479 e. The average molecular weight is 130 g/mol. The molecule has 0 aliphatic rings. The zero-order valence-electron chi connectivity index (χ0n) is 5.24. The molecule has 0 spiro atoms. The van der Waals surface area contributed by atoms with E-state index in [-0.39, 0.29) is 5.92 Å². The second-order valence-corrected chi connectivity index (χ2v) is 1.88. The molecule has 0 fully saturated rings. The summed E-state index contributed by atoms with van der Waals surface area (Å²) in [6.45, 7) is 4.93. The van der Waals surface area contributed by atoms with E-state index in [1.807, 2.05) is 0 Å². The molecule has 0 aliphatic heterocycles. The molecular formula is C6H10O3. The quantitative estimate of drug-likeness (QED) is 0.538. The van der Waals surface area contributed by atoms with Gasteiger partial charge in [-0.2, -0.15) is 0 Å². The molecule has 0 amide bonds. The fourth-order valence-electron chi connectivity index (χ4n) is 0.354. The van der Waals surface area contributed by atoms with Crippen LogP contribution in [-0.4, -0.2) is 22.3 Å². The molecular weight excluding hydrogens is 120 g/mol. The molecule has 52 valence electrons. The van der Waals surface area contributed by atoms with Gasteiger partial charge in [0.05, 0.1) is 0 Å². The fourth-order valence-corrected chi connectivity index (χ4v) is 0.354. The maximum Gasteiger partial charge on any atom is 0.333 e. The van der Waals surface area contributed by atoms with Gasteiger partial charge in [-0.05, 0) is 0 Å². The van der Waals surface area contributed by atoms with Crippen LogP contribution in [0.5, 0.6) is 0 Å². The summed E-state index contributed by atoms with van der Waals surface area (Å²) in [6, 6.07) is 0. The van der Waals surface area contributed by atoms with Gasteiger partial charge in [-0.25, -0.2) is 4.79 Å². The lowest BCUT2D eigenvalue weighted by atomic mass is 10.1. The zero-order valence-corrected chi connectivity index (χ0v) is 5.24. The molecule has 0 rings (SSSR count). The van der Waals surface area contributed by atoms with Crippen molar-refractivity contribution < 1.29 is 15.0 Å². The van der Waals surface area contributed by atoms with Gasteiger partial charge in [0.2, 0.25) is 0 Å². The zero-order chi connectivity index (χ0) is 7.44. The smallest absolute Gasteiger partial charge is 0.333 e. The highest BCUT2D eigenvalue weighted by Crippen LogP contribution is 2.02. The Morgan fingerprint density at radius 2 is 2.22 bits per heavy atom. The summed E-state index contributed by atoms with van der Waals surface area (Å²) in [7, 11) is 0. The third-order valence-corrected chi connectivity index (χ3v) is 1.12. The Morgan fingerprint density at radius 3 is 2.33 bits per heavy atom. The fraction of sp³-hybridized carbons (Fsp3) is 0.500. The van der Waals surface area contributed by atoms with E-state index in [0.717, 1.165) is 0 Å². The minimum absolute atomic E-state index is 0.387. The lowest BCUT2D eigenvalue weighted by molar-refractivity contribution is -0.148. The molecule has 2 N–H and O–H groups in total. The molecule has 9 heavy (non-hydrogen) atoms. The summed E-state index contributed by atoms with van der Waals surface area (Å²) in [4.78, 5) is 10.0. The highest BCUT2D eigenvalue weighted by molar-refractivity contribution is 5.72. The Labute approximate surface area is 53.6 Å². The molecule has 0 heterocycles. The molecule has 3 nitrogen and oxygen atoms in total. The van der Waals surface area contributed by atoms with Gasteiger partial charge in [0.25, 0.3) is 0 Å². The maximum absolute atomic E-state index is 10.0. The topological polar surface area (TPSA) is 57.5 Å². The van der Waals surface area contributed by atoms with E-state index in [0.29, 0.717) is 0 Å². The van der Waals surface area contributed by atoms with Crippen molar-refractivity contribution in [3.8, 4) is 0 Å². The van der Waals surface area contributed by atoms with Crippen LogP contribution in [0.4, 0.5) is 0 Å². The summed E-state index contributed by atoms with van der Waals surface area (Å²) in [5.41, 5.74) is 0. The van der Waals surface area contributed by atoms with E-state index in [4.69, 9.17) is 10.2 Å². The predicted octanol–water partition coefficient (Wildman–Crippen LogP) is 0.254. The second-order valence-electron chi connectivity index (χ2n) is 1.88. The summed E-state index contributed by atoms with van der Waals surface area (Å²) in [6.07, 6.45) is 0.0844. The lowest BCUT2D eigenvalue weighted by Gasteiger charge is -2.08. The van der Waals surface area contributed by atoms with E-state index in [9.17, 15) is 4.79 Å². The van der Waals surface area contributed by atoms with Crippen molar-refractivity contribution >= 4 is 5.97 Å². The highest BCUT2D eigenvalue weighted by atomic mass is 16.4. The minimum atomic E-state index is -1.32. The molecule has 2 unspecified atom stereocenters. The Balaban J connectivity index is 3.86. The molecule has 0 aromatic heterocycles. The van der Waals surface area contributed by atoms with E-state index >= 15 is 0 Å². The van der Waals surface area contributed by atoms with Crippen LogP contribution in [0.15, 0.2) is 12.7 Å². The first kappa shape index (κ1) is 8.17. The van der Waals surface area contributed by atoms with Crippen molar-refractivity contribution in [1.29, 1.82) is 0 Å². The van der Waals surface area contributed by atoms with Crippen LogP contribution < -0.4 is 0 Å². The van der Waals surface area contributed by atoms with Crippen LogP contribution in [0.25, 0.3) is 0 Å². The first-order valence-electron chi connectivity index (χ1n) is 2.63. The van der Waals surface area contributed by atoms with Gasteiger partial charge in [0.1, 0.15) is 0 Å². The molecule has 0 saturated carbocycles. The van der Waals surface area contributed by atoms with Gasteiger partial charge in [-0.1, -0.05) is 13.0 Å². The van der Waals surface area contributed by atoms with Gasteiger partial charge >= 0.3 is 5.97 Å². The number of hydrogen-bond donors (Lipinski definition) is 2. The second kappa shape index (κ2) is 3.25. The van der Waals surface area contributed by atoms with Crippen LogP contribution in [0.3, 0.4) is 0 Å². The van der Waals surface area contributed by atoms with Gasteiger partial charge in [-0.15, -0.1) is 6.58 Å². The average Bonchev–Trinajstić information content (AvgIpc) is 1.84. The Bertz CT molecular complexity index is 119. The van der Waals surface area contributed by atoms with Crippen molar-refractivity contribution in [1.82, 2.24) is 0 Å². The minimum Gasteiger partial charge on any atom is -0.479 e. The number of aliphatic hydroxyl groups is 1. The lowest BCUT2D eigenvalue weighted by Crippen LogP contribution is -2.25. The van der Waals surface area contributed by atoms with Crippen LogP contribution in [-0.2, 0) is 4.79 Å². The molecule has 0 saturated heterocycles. The van der Waals surface area contributed by atoms with E-state index in [1.165, 1.54) is 6.08 Å². The molecule has 2 atom stereocenters. The molecule has 3 heteroatoms. The van der Waals surface area contributed by atoms with Gasteiger partial charge in [-0.3, -0.25) is 0 Å². The first-order chi connectivity index (χ1) is 4.09. The number of carboxylic acid groups (broad SMARTS) is 1. The summed E-state index contributed by atoms with van der Waals surface area (Å²) < 4.78 is 0. The molecule has 0 aliphatic carbocycles. The summed E-state index contributed by atoms with van der Waals surface area (Å²) in [5, 5.41) is 16.9. The monoisotopic (exact) mass is 130 g/mol. The van der Waals surface area contributed by atoms with Crippen molar-refractivity contribution in [3.63, 3.8) is 0 Å². The number of aliphatic carboxylic acids is 1. The van der Waals surface area contributed by atoms with Crippen LogP contribution in [0.1, 0.15) is 6.92 Å². The van der Waals surface area contributed by atoms with Crippen LogP contribution in [0.2, 0.25) is 0 Å². The van der Waals surface area contributed by atoms with Crippen molar-refractivity contribution in [2.45, 2.75) is 13.0 Å². The Morgan fingerprint density at radius 1 is 1.78 bits per heavy atom. The van der Waals surface area contributed by atoms with E-state index < -0.39 is 12.1 Å². The number of carbonyl (C=O) groups is 1. The van der Waals surface area contributed by atoms with Crippen molar-refractivity contribution in [2.24, 2.45) is 5.92 Å². The number of hydrogen-bond acceptors (Lipinski definition) is 2. The summed E-state index contributed by atoms with van der Waals surface area (Å²) >= 11 is 0. The van der Waals surface area contributed by atoms with Crippen LogP contribution >= 0.6 is 0 Å². The molecule has 0 aromatic carbocycles. The maximum atomic E-state index is 10.0. The Hall–Kier alpha value is -0.830. The van der Waals surface area contributed by atoms with E-state index in [2.05, 4.69) is 6.58 Å². The Kier molecular flexibility index (Phi) is 2.95. The first-order valence-corrected chi connectivity index (χ1v) is 2.63. The van der Waals surface area contributed by atoms with Crippen LogP contribution in [0, 0.1) is 5.92 Å². The van der Waals surface area contributed by atoms with Gasteiger partial charge in [0.15, 0.2) is 6.10 Å². The van der Waals surface area contributed by atoms with Crippen molar-refractivity contribution in [3.05, 3.63) is 12.7 Å². The third kappa shape index (κ3) is 2.28. The predicted molar refractivity (Wildman–Crippen MR) is 33.0 cm³/mol. The van der Waals surface area contributed by atoms with Crippen molar-refractivity contribution in [2.75, 3.05) is 0 Å². The normalized spacial score (nSPS) is 16.2. The highest BCUT2D eigenvalue weighted by Gasteiger charge is 2.17. The standard InChI is InChI=1S/C6H10O3/c1-3-4(2)5(7)6(8)9/h3-5,7H,1H2,2H3,(H,8,9). The molecule has 0 bridgehead atoms. The third-order valence-electron chi connectivity index (χ3n) is 1.12. The number of aliphatic hydroxyl groups excluding tert-OH is 1. The van der Waals surface area contributed by atoms with Gasteiger partial charge < -0.3 is 10.2 Å². The SMILES string of the molecule is C=CC(C)C(O)C(=O)O. The number of carboxylic acids is 1. The molecule has 0 aromatic rings.